The maximum atomic E-state index is 6.55. The largest absolute Gasteiger partial charge is 0.453 e. The Morgan fingerprint density at radius 3 is 0.838 bits per heavy atom. The minimum atomic E-state index is -0.121. The maximum Gasteiger partial charge on any atom is 0.252 e. The lowest BCUT2D eigenvalue weighted by atomic mass is 9.32. The predicted molar refractivity (Wildman–Crippen MR) is 545 cm³/mol. The van der Waals surface area contributed by atoms with E-state index in [1.807, 2.05) is 35.7 Å². The van der Waals surface area contributed by atoms with Gasteiger partial charge in [0.1, 0.15) is 0 Å². The van der Waals surface area contributed by atoms with Crippen LogP contribution in [0.4, 0.5) is 102 Å². The Morgan fingerprint density at radius 1 is 0.215 bits per heavy atom. The molecule has 0 N–H and O–H groups in total. The van der Waals surface area contributed by atoms with Gasteiger partial charge in [-0.05, 0) is 264 Å². The van der Waals surface area contributed by atoms with Crippen molar-refractivity contribution in [1.82, 2.24) is 0 Å². The van der Waals surface area contributed by atoms with Crippen LogP contribution in [0.3, 0.4) is 0 Å². The van der Waals surface area contributed by atoms with E-state index in [-0.39, 0.29) is 31.0 Å². The van der Waals surface area contributed by atoms with E-state index in [0.29, 0.717) is 0 Å². The molecule has 0 amide bonds. The molecule has 8 nitrogen and oxygen atoms in total. The molecule has 12 aliphatic rings. The minimum Gasteiger partial charge on any atom is -0.453 e. The molecule has 0 unspecified atom stereocenters. The molecular formula is C117H81B3N6O2S2. The second-order valence-corrected chi connectivity index (χ2v) is 39.5. The van der Waals surface area contributed by atoms with Gasteiger partial charge in [-0.1, -0.05) is 294 Å². The molecular weight excluding hydrogens is 1620 g/mol. The normalized spacial score (nSPS) is 15.1. The summed E-state index contributed by atoms with van der Waals surface area (Å²) in [5, 5.41) is 0. The first-order chi connectivity index (χ1) is 63.8. The molecule has 0 spiro atoms. The molecule has 18 aromatic rings. The Labute approximate surface area is 766 Å². The lowest BCUT2D eigenvalue weighted by Gasteiger charge is -2.52. The van der Waals surface area contributed by atoms with Gasteiger partial charge < -0.3 is 38.9 Å². The minimum absolute atomic E-state index is 0.0287. The molecule has 0 fully saturated rings. The molecule has 0 saturated carbocycles. The smallest absolute Gasteiger partial charge is 0.252 e. The van der Waals surface area contributed by atoms with Crippen molar-refractivity contribution >= 4 is 195 Å². The lowest BCUT2D eigenvalue weighted by Crippen LogP contribution is -2.63. The zero-order valence-electron chi connectivity index (χ0n) is 72.7. The Bertz CT molecular complexity index is 7420. The highest BCUT2D eigenvalue weighted by molar-refractivity contribution is 8.00. The summed E-state index contributed by atoms with van der Waals surface area (Å²) in [5.74, 6) is 3.50. The van der Waals surface area contributed by atoms with E-state index in [2.05, 4.69) is 430 Å². The first-order valence-electron chi connectivity index (χ1n) is 45.4. The van der Waals surface area contributed by atoms with E-state index < -0.39 is 0 Å². The molecule has 0 aromatic heterocycles. The van der Waals surface area contributed by atoms with Crippen molar-refractivity contribution in [3.8, 4) is 56.4 Å². The average molecular weight is 1700 g/mol. The number of fused-ring (bicyclic) bond motifs is 24. The summed E-state index contributed by atoms with van der Waals surface area (Å²) in [6.45, 7) is 16.6. The number of ether oxygens (including phenoxy) is 2. The van der Waals surface area contributed by atoms with Gasteiger partial charge in [-0.3, -0.25) is 0 Å². The van der Waals surface area contributed by atoms with Crippen LogP contribution >= 0.6 is 23.5 Å². The van der Waals surface area contributed by atoms with Gasteiger partial charge in [0, 0.05) is 75.9 Å². The molecule has 13 heteroatoms. The number of hydrogen-bond acceptors (Lipinski definition) is 10. The Balaban J connectivity index is 0.0000000982. The SMILES string of the molecule is Cc1ccccc1-c1cc2c3c(c1)N1c4ccccc4C(C)(C)c4cccc(c41)B3c1cccc3c1N2c1ccccc1C3(C)C.Cc1ccccc1-c1cc2c3c(c1)N1c4ccccc4Oc4cccc(c41)B3c1cccc3c1N2c1ccccc1O3.Cc1ccccc1-c1cc2c3c(c1)N1c4ccccc4Sc4cccc(c41)B3c1cccc3c1N2c1ccccc1S3. The van der Waals surface area contributed by atoms with Gasteiger partial charge in [-0.25, -0.2) is 0 Å². The van der Waals surface area contributed by atoms with Crippen molar-refractivity contribution in [2.24, 2.45) is 0 Å². The monoisotopic (exact) mass is 1700 g/mol. The highest BCUT2D eigenvalue weighted by Gasteiger charge is 2.54. The summed E-state index contributed by atoms with van der Waals surface area (Å²) in [7, 11) is 0. The van der Waals surface area contributed by atoms with Gasteiger partial charge in [0.15, 0.2) is 23.0 Å². The molecule has 0 saturated heterocycles. The summed E-state index contributed by atoms with van der Waals surface area (Å²) in [5.41, 5.74) is 51.2. The number of rotatable bonds is 3. The zero-order chi connectivity index (χ0) is 86.2. The predicted octanol–water partition coefficient (Wildman–Crippen LogP) is 25.7. The van der Waals surface area contributed by atoms with Crippen LogP contribution in [0.25, 0.3) is 33.4 Å². The molecule has 612 valence electrons. The highest BCUT2D eigenvalue weighted by Crippen LogP contribution is 2.63. The number of benzene rings is 18. The molecule has 12 aliphatic heterocycles. The molecule has 0 radical (unpaired) electrons. The van der Waals surface area contributed by atoms with E-state index in [1.165, 1.54) is 221 Å². The third-order valence-electron chi connectivity index (χ3n) is 29.8. The van der Waals surface area contributed by atoms with Gasteiger partial charge in [-0.15, -0.1) is 0 Å². The van der Waals surface area contributed by atoms with Crippen molar-refractivity contribution in [3.05, 3.63) is 403 Å². The third-order valence-corrected chi connectivity index (χ3v) is 32.1. The van der Waals surface area contributed by atoms with Crippen LogP contribution < -0.4 is 88.0 Å². The van der Waals surface area contributed by atoms with Crippen LogP contribution in [-0.4, -0.2) is 20.1 Å². The van der Waals surface area contributed by atoms with Gasteiger partial charge in [0.25, 0.3) is 20.1 Å². The fourth-order valence-electron chi connectivity index (χ4n) is 24.2. The summed E-state index contributed by atoms with van der Waals surface area (Å²) in [6.07, 6.45) is 0. The van der Waals surface area contributed by atoms with Gasteiger partial charge in [0.05, 0.1) is 56.9 Å². The van der Waals surface area contributed by atoms with Gasteiger partial charge in [0.2, 0.25) is 0 Å². The van der Waals surface area contributed by atoms with Crippen molar-refractivity contribution in [3.63, 3.8) is 0 Å². The second kappa shape index (κ2) is 27.2. The first kappa shape index (κ1) is 74.3. The topological polar surface area (TPSA) is 37.9 Å². The standard InChI is InChI=1S/C43H35BN2.C37H23BN2O2.C37H23BN2S2/c1-26-14-6-7-15-28(26)27-24-37-39-38(25-27)46-36-23-11-9-17-30(36)43(4,5)32-19-13-21-34(41(32)46)44(39)33-20-12-18-31-40(33)45(37)35-22-10-8-16-29(35)42(31,2)3;2*1-22-10-2-3-11-24(22)23-20-29-35-30(21-23)40-28-15-5-7-17-32(28)42-34-19-9-13-26(37(34)40)38(35)25-12-8-18-33-36(25)39(29)27-14-4-6-16-31(27)41-33/h6-25H,1-5H3;2*2-21H,1H3. The summed E-state index contributed by atoms with van der Waals surface area (Å²) < 4.78 is 13.1. The Kier molecular flexibility index (Phi) is 15.5. The average Bonchev–Trinajstić information content (AvgIpc) is 0.685. The number of aryl methyl sites for hydroxylation is 3. The number of para-hydroxylation sites is 14. The van der Waals surface area contributed by atoms with E-state index >= 15 is 0 Å². The van der Waals surface area contributed by atoms with E-state index in [1.54, 1.807) is 0 Å². The molecule has 130 heavy (non-hydrogen) atoms. The van der Waals surface area contributed by atoms with Crippen LogP contribution in [-0.2, 0) is 10.8 Å². The zero-order valence-corrected chi connectivity index (χ0v) is 74.3. The van der Waals surface area contributed by atoms with Crippen LogP contribution in [0.5, 0.6) is 23.0 Å². The number of nitrogens with zero attached hydrogens (tertiary/aromatic N) is 6. The number of hydrogen-bond donors (Lipinski definition) is 0. The lowest BCUT2D eigenvalue weighted by molar-refractivity contribution is 0.477. The Hall–Kier alpha value is -14.7. The Morgan fingerprint density at radius 2 is 0.469 bits per heavy atom. The quantitative estimate of drug-likeness (QED) is 0.160. The molecule has 0 aliphatic carbocycles. The fourth-order valence-corrected chi connectivity index (χ4v) is 26.4. The maximum absolute atomic E-state index is 6.55. The molecule has 18 aromatic carbocycles. The summed E-state index contributed by atoms with van der Waals surface area (Å²) in [4.78, 5) is 20.5. The molecule has 12 heterocycles. The van der Waals surface area contributed by atoms with Gasteiger partial charge in [-0.2, -0.15) is 0 Å². The van der Waals surface area contributed by atoms with Crippen molar-refractivity contribution in [2.75, 3.05) is 29.4 Å². The molecule has 0 bridgehead atoms. The molecule has 30 rings (SSSR count). The van der Waals surface area contributed by atoms with E-state index in [4.69, 9.17) is 9.47 Å². The van der Waals surface area contributed by atoms with Crippen LogP contribution in [0.2, 0.25) is 0 Å². The van der Waals surface area contributed by atoms with Crippen molar-refractivity contribution in [2.45, 2.75) is 78.9 Å². The number of anilines is 18. The van der Waals surface area contributed by atoms with Crippen LogP contribution in [0.15, 0.2) is 384 Å². The van der Waals surface area contributed by atoms with E-state index in [0.717, 1.165) is 45.7 Å². The summed E-state index contributed by atoms with van der Waals surface area (Å²) >= 11 is 3.79. The first-order valence-corrected chi connectivity index (χ1v) is 47.0. The van der Waals surface area contributed by atoms with Crippen molar-refractivity contribution < 1.29 is 9.47 Å². The highest BCUT2D eigenvalue weighted by atomic mass is 32.2. The van der Waals surface area contributed by atoms with Crippen LogP contribution in [0.1, 0.15) is 66.6 Å². The van der Waals surface area contributed by atoms with Crippen LogP contribution in [0, 0.1) is 20.8 Å². The van der Waals surface area contributed by atoms with Crippen molar-refractivity contribution in [1.29, 1.82) is 0 Å². The third kappa shape index (κ3) is 10.1. The fraction of sp³-hybridized carbons (Fsp3) is 0.0769. The van der Waals surface area contributed by atoms with Gasteiger partial charge >= 0.3 is 0 Å². The van der Waals surface area contributed by atoms with E-state index in [9.17, 15) is 0 Å². The second-order valence-electron chi connectivity index (χ2n) is 37.4. The molecule has 0 atom stereocenters. The summed E-state index contributed by atoms with van der Waals surface area (Å²) in [6, 6.07) is 135.